The summed E-state index contributed by atoms with van der Waals surface area (Å²) in [6.45, 7) is 10.9. The van der Waals surface area contributed by atoms with Crippen LogP contribution >= 0.6 is 0 Å². The van der Waals surface area contributed by atoms with Crippen LogP contribution in [0.25, 0.3) is 0 Å². The van der Waals surface area contributed by atoms with Crippen LogP contribution in [0.4, 0.5) is 0 Å². The van der Waals surface area contributed by atoms with E-state index in [4.69, 9.17) is 14.2 Å². The van der Waals surface area contributed by atoms with Gasteiger partial charge in [0.1, 0.15) is 0 Å². The molecule has 24 heavy (non-hydrogen) atoms. The summed E-state index contributed by atoms with van der Waals surface area (Å²) in [4.78, 5) is 0. The zero-order valence-electron chi connectivity index (χ0n) is 15.9. The van der Waals surface area contributed by atoms with E-state index < -0.39 is 11.7 Å². The summed E-state index contributed by atoms with van der Waals surface area (Å²) in [5, 5.41) is 10.8. The number of hydrogen-bond acceptors (Lipinski definition) is 4. The molecule has 2 bridgehead atoms. The van der Waals surface area contributed by atoms with Gasteiger partial charge in [-0.15, -0.1) is 0 Å². The fourth-order valence-corrected chi connectivity index (χ4v) is 5.28. The van der Waals surface area contributed by atoms with Crippen LogP contribution in [-0.2, 0) is 14.2 Å². The van der Waals surface area contributed by atoms with Crippen molar-refractivity contribution in [2.45, 2.75) is 120 Å². The third-order valence-electron chi connectivity index (χ3n) is 7.56. The molecular formula is C20H34O4. The van der Waals surface area contributed by atoms with Crippen molar-refractivity contribution in [3.05, 3.63) is 0 Å². The van der Waals surface area contributed by atoms with Crippen LogP contribution in [0.15, 0.2) is 0 Å². The number of fused-ring (bicyclic) bond motifs is 5. The monoisotopic (exact) mass is 338 g/mol. The van der Waals surface area contributed by atoms with Crippen LogP contribution in [0, 0.1) is 5.92 Å². The highest BCUT2D eigenvalue weighted by Gasteiger charge is 2.58. The van der Waals surface area contributed by atoms with Gasteiger partial charge in [-0.2, -0.15) is 0 Å². The molecule has 4 aliphatic heterocycles. The highest BCUT2D eigenvalue weighted by atomic mass is 16.6. The van der Waals surface area contributed by atoms with Gasteiger partial charge in [0.05, 0.1) is 40.7 Å². The van der Waals surface area contributed by atoms with Gasteiger partial charge in [0.2, 0.25) is 0 Å². The Morgan fingerprint density at radius 3 is 1.83 bits per heavy atom. The Bertz CT molecular complexity index is 520. The van der Waals surface area contributed by atoms with Crippen LogP contribution in [0.1, 0.15) is 79.6 Å². The Morgan fingerprint density at radius 2 is 1.25 bits per heavy atom. The average molecular weight is 338 g/mol. The summed E-state index contributed by atoms with van der Waals surface area (Å²) in [5.41, 5.74) is -0.635. The number of aliphatic hydroxyl groups excluding tert-OH is 1. The van der Waals surface area contributed by atoms with E-state index in [-0.39, 0.29) is 16.8 Å². The highest BCUT2D eigenvalue weighted by Crippen LogP contribution is 2.52. The number of epoxide rings is 2. The first kappa shape index (κ1) is 17.3. The molecule has 0 radical (unpaired) electrons. The van der Waals surface area contributed by atoms with Crippen molar-refractivity contribution in [2.24, 2.45) is 5.92 Å². The smallest absolute Gasteiger partial charge is 0.0921 e. The third kappa shape index (κ3) is 2.84. The number of aliphatic hydroxyl groups is 1. The lowest BCUT2D eigenvalue weighted by atomic mass is 9.72. The van der Waals surface area contributed by atoms with Crippen molar-refractivity contribution in [1.29, 1.82) is 0 Å². The molecule has 138 valence electrons. The number of rotatable bonds is 0. The fourth-order valence-electron chi connectivity index (χ4n) is 5.28. The van der Waals surface area contributed by atoms with Gasteiger partial charge in [-0.05, 0) is 85.5 Å². The van der Waals surface area contributed by atoms with Crippen LogP contribution in [0.5, 0.6) is 0 Å². The normalized spacial score (nSPS) is 56.8. The molecule has 5 fully saturated rings. The van der Waals surface area contributed by atoms with Crippen LogP contribution in [0.3, 0.4) is 0 Å². The predicted molar refractivity (Wildman–Crippen MR) is 91.9 cm³/mol. The Morgan fingerprint density at radius 1 is 0.750 bits per heavy atom. The van der Waals surface area contributed by atoms with E-state index in [1.165, 1.54) is 0 Å². The van der Waals surface area contributed by atoms with Crippen molar-refractivity contribution in [2.75, 3.05) is 0 Å². The molecule has 4 heterocycles. The van der Waals surface area contributed by atoms with Crippen LogP contribution in [0.2, 0.25) is 0 Å². The summed E-state index contributed by atoms with van der Waals surface area (Å²) >= 11 is 0. The Balaban J connectivity index is 1.56. The molecule has 4 heteroatoms. The van der Waals surface area contributed by atoms with Gasteiger partial charge in [-0.3, -0.25) is 0 Å². The van der Waals surface area contributed by atoms with E-state index in [0.717, 1.165) is 44.9 Å². The predicted octanol–water partition coefficient (Wildman–Crippen LogP) is 3.59. The first-order valence-electron chi connectivity index (χ1n) is 9.80. The second-order valence-electron chi connectivity index (χ2n) is 9.92. The third-order valence-corrected chi connectivity index (χ3v) is 7.56. The Labute approximate surface area is 146 Å². The molecule has 0 spiro atoms. The topological polar surface area (TPSA) is 54.5 Å². The van der Waals surface area contributed by atoms with Gasteiger partial charge in [0.15, 0.2) is 0 Å². The summed E-state index contributed by atoms with van der Waals surface area (Å²) in [6.07, 6.45) is 7.24. The minimum absolute atomic E-state index is 0.00497. The average Bonchev–Trinajstić information content (AvgIpc) is 3.33. The first-order valence-corrected chi connectivity index (χ1v) is 9.80. The summed E-state index contributed by atoms with van der Waals surface area (Å²) in [5.74, 6) is 0.382. The molecule has 4 saturated heterocycles. The van der Waals surface area contributed by atoms with Crippen molar-refractivity contribution < 1.29 is 19.3 Å². The number of hydrogen-bond donors (Lipinski definition) is 1. The Kier molecular flexibility index (Phi) is 3.73. The molecule has 5 aliphatic rings. The first-order chi connectivity index (χ1) is 11.1. The minimum atomic E-state index is -0.459. The molecule has 1 aliphatic carbocycles. The molecule has 5 rings (SSSR count). The molecule has 0 aromatic carbocycles. The van der Waals surface area contributed by atoms with Crippen molar-refractivity contribution in [1.82, 2.24) is 0 Å². The summed E-state index contributed by atoms with van der Waals surface area (Å²) in [6, 6.07) is 0. The second-order valence-corrected chi connectivity index (χ2v) is 9.92. The lowest BCUT2D eigenvalue weighted by molar-refractivity contribution is -0.244. The fraction of sp³-hybridized carbons (Fsp3) is 1.00. The van der Waals surface area contributed by atoms with Gasteiger partial charge in [0.25, 0.3) is 0 Å². The van der Waals surface area contributed by atoms with E-state index in [0.29, 0.717) is 18.1 Å². The quantitative estimate of drug-likeness (QED) is 0.686. The number of ether oxygens (including phenoxy) is 3. The summed E-state index contributed by atoms with van der Waals surface area (Å²) in [7, 11) is 0. The van der Waals surface area contributed by atoms with E-state index in [2.05, 4.69) is 34.6 Å². The molecule has 0 unspecified atom stereocenters. The SMILES string of the molecule is CC1(C)O[C@@]2(C)CC[C@H]3O[C@]3(C)CC[C@H]3O[C@]3(C)CC[C@@H]1C[C@H]2O. The molecule has 0 amide bonds. The van der Waals surface area contributed by atoms with Crippen LogP contribution < -0.4 is 0 Å². The van der Waals surface area contributed by atoms with Gasteiger partial charge in [-0.25, -0.2) is 0 Å². The van der Waals surface area contributed by atoms with E-state index >= 15 is 0 Å². The Hall–Kier alpha value is -0.160. The van der Waals surface area contributed by atoms with Gasteiger partial charge in [-0.1, -0.05) is 0 Å². The van der Waals surface area contributed by atoms with Gasteiger partial charge < -0.3 is 19.3 Å². The van der Waals surface area contributed by atoms with Crippen molar-refractivity contribution in [3.8, 4) is 0 Å². The lowest BCUT2D eigenvalue weighted by Gasteiger charge is -2.51. The largest absolute Gasteiger partial charge is 0.390 e. The standard InChI is InChI=1S/C20H34O4/c1-17(2)13-6-9-19(4)16(22-19)8-11-20(5)15(23-20)7-10-18(3,24-17)14(21)12-13/h13-16,21H,6-12H2,1-5H3/t13-,14-,15-,16-,18+,19-,20-/m1/s1. The maximum absolute atomic E-state index is 10.8. The molecule has 4 nitrogen and oxygen atoms in total. The maximum Gasteiger partial charge on any atom is 0.0921 e. The van der Waals surface area contributed by atoms with Crippen LogP contribution in [-0.4, -0.2) is 45.8 Å². The van der Waals surface area contributed by atoms with Crippen molar-refractivity contribution in [3.63, 3.8) is 0 Å². The second kappa shape index (κ2) is 5.18. The zero-order chi connectivity index (χ0) is 17.4. The lowest BCUT2D eigenvalue weighted by Crippen LogP contribution is -2.57. The molecule has 0 aromatic heterocycles. The maximum atomic E-state index is 10.8. The van der Waals surface area contributed by atoms with E-state index in [9.17, 15) is 5.11 Å². The van der Waals surface area contributed by atoms with Crippen molar-refractivity contribution >= 4 is 0 Å². The molecule has 0 aromatic rings. The minimum Gasteiger partial charge on any atom is -0.390 e. The molecule has 7 atom stereocenters. The summed E-state index contributed by atoms with van der Waals surface area (Å²) < 4.78 is 18.6. The molecule has 1 N–H and O–H groups in total. The zero-order valence-corrected chi connectivity index (χ0v) is 15.9. The van der Waals surface area contributed by atoms with Gasteiger partial charge in [0, 0.05) is 0 Å². The van der Waals surface area contributed by atoms with Gasteiger partial charge >= 0.3 is 0 Å². The molecular weight excluding hydrogens is 304 g/mol. The highest BCUT2D eigenvalue weighted by molar-refractivity contribution is 5.07. The molecule has 1 saturated carbocycles. The van der Waals surface area contributed by atoms with E-state index in [1.807, 2.05) is 0 Å². The van der Waals surface area contributed by atoms with E-state index in [1.54, 1.807) is 0 Å².